The number of thiophene rings is 1. The highest BCUT2D eigenvalue weighted by Crippen LogP contribution is 2.43. The first-order valence-corrected chi connectivity index (χ1v) is 7.80. The Labute approximate surface area is 112 Å². The maximum atomic E-state index is 3.61. The van der Waals surface area contributed by atoms with Crippen LogP contribution in [0.15, 0.2) is 14.3 Å². The summed E-state index contributed by atoms with van der Waals surface area (Å²) < 4.78 is 2.39. The highest BCUT2D eigenvalue weighted by atomic mass is 79.9. The fraction of sp³-hybridized carbons (Fsp3) is 0.636. The van der Waals surface area contributed by atoms with Crippen LogP contribution in [0.5, 0.6) is 0 Å². The zero-order valence-electron chi connectivity index (χ0n) is 8.72. The third-order valence-corrected chi connectivity index (χ3v) is 6.36. The van der Waals surface area contributed by atoms with E-state index in [-0.39, 0.29) is 0 Å². The fourth-order valence-electron chi connectivity index (χ4n) is 2.01. The fourth-order valence-corrected chi connectivity index (χ4v) is 4.27. The van der Waals surface area contributed by atoms with E-state index in [1.54, 1.807) is 0 Å². The molecule has 1 nitrogen and oxygen atoms in total. The van der Waals surface area contributed by atoms with E-state index in [1.807, 2.05) is 11.3 Å². The van der Waals surface area contributed by atoms with Gasteiger partial charge in [-0.25, -0.2) is 0 Å². The van der Waals surface area contributed by atoms with Gasteiger partial charge in [0, 0.05) is 15.4 Å². The van der Waals surface area contributed by atoms with Crippen molar-refractivity contribution in [2.75, 3.05) is 6.54 Å². The van der Waals surface area contributed by atoms with Crippen LogP contribution < -0.4 is 5.32 Å². The van der Waals surface area contributed by atoms with Crippen molar-refractivity contribution >= 4 is 43.2 Å². The van der Waals surface area contributed by atoms with E-state index in [2.05, 4.69) is 50.2 Å². The smallest absolute Gasteiger partial charge is 0.0843 e. The summed E-state index contributed by atoms with van der Waals surface area (Å²) >= 11 is 8.98. The van der Waals surface area contributed by atoms with E-state index in [0.29, 0.717) is 6.04 Å². The molecule has 0 radical (unpaired) electrons. The lowest BCUT2D eigenvalue weighted by Crippen LogP contribution is -2.31. The van der Waals surface area contributed by atoms with Gasteiger partial charge in [-0.2, -0.15) is 0 Å². The molecule has 1 aromatic heterocycles. The van der Waals surface area contributed by atoms with Crippen molar-refractivity contribution in [3.05, 3.63) is 19.2 Å². The third kappa shape index (κ3) is 2.65. The van der Waals surface area contributed by atoms with Crippen molar-refractivity contribution in [3.8, 4) is 0 Å². The Bertz CT molecular complexity index is 314. The number of nitrogens with one attached hydrogen (secondary N) is 1. The van der Waals surface area contributed by atoms with Gasteiger partial charge in [0.1, 0.15) is 0 Å². The monoisotopic (exact) mass is 351 g/mol. The summed E-state index contributed by atoms with van der Waals surface area (Å²) in [5.74, 6) is 0.849. The van der Waals surface area contributed by atoms with Crippen LogP contribution in [-0.2, 0) is 0 Å². The standard InChI is InChI=1S/C11H15Br2NS/c1-2-14-10(7-4-3-5-7)9-6-8(12)11(13)15-9/h6-7,10,14H,2-5H2,1H3. The Morgan fingerprint density at radius 3 is 2.67 bits per heavy atom. The lowest BCUT2D eigenvalue weighted by Gasteiger charge is -2.33. The molecular weight excluding hydrogens is 338 g/mol. The summed E-state index contributed by atoms with van der Waals surface area (Å²) in [6, 6.07) is 2.82. The van der Waals surface area contributed by atoms with Gasteiger partial charge in [-0.3, -0.25) is 0 Å². The zero-order valence-corrected chi connectivity index (χ0v) is 12.7. The van der Waals surface area contributed by atoms with Gasteiger partial charge in [-0.15, -0.1) is 11.3 Å². The molecule has 1 N–H and O–H groups in total. The molecule has 0 spiro atoms. The third-order valence-electron chi connectivity index (χ3n) is 3.02. The first kappa shape index (κ1) is 12.1. The quantitative estimate of drug-likeness (QED) is 0.826. The molecule has 2 rings (SSSR count). The molecule has 1 saturated carbocycles. The second kappa shape index (κ2) is 5.30. The van der Waals surface area contributed by atoms with Gasteiger partial charge < -0.3 is 5.32 Å². The molecule has 0 bridgehead atoms. The predicted octanol–water partition coefficient (Wildman–Crippen LogP) is 4.72. The molecule has 4 heteroatoms. The van der Waals surface area contributed by atoms with Gasteiger partial charge in [-0.1, -0.05) is 13.3 Å². The predicted molar refractivity (Wildman–Crippen MR) is 73.5 cm³/mol. The van der Waals surface area contributed by atoms with E-state index in [1.165, 1.54) is 32.4 Å². The highest BCUT2D eigenvalue weighted by Gasteiger charge is 2.29. The number of halogens is 2. The Balaban J connectivity index is 2.15. The molecule has 0 aliphatic heterocycles. The Hall–Kier alpha value is 0.620. The van der Waals surface area contributed by atoms with Crippen molar-refractivity contribution in [1.82, 2.24) is 5.32 Å². The average Bonchev–Trinajstić information content (AvgIpc) is 2.43. The lowest BCUT2D eigenvalue weighted by molar-refractivity contribution is 0.236. The van der Waals surface area contributed by atoms with Crippen LogP contribution in [0, 0.1) is 5.92 Å². The van der Waals surface area contributed by atoms with E-state index >= 15 is 0 Å². The van der Waals surface area contributed by atoms with E-state index < -0.39 is 0 Å². The normalized spacial score (nSPS) is 18.9. The van der Waals surface area contributed by atoms with E-state index in [4.69, 9.17) is 0 Å². The van der Waals surface area contributed by atoms with Crippen molar-refractivity contribution in [1.29, 1.82) is 0 Å². The minimum atomic E-state index is 0.566. The van der Waals surface area contributed by atoms with Crippen LogP contribution in [0.1, 0.15) is 37.1 Å². The molecule has 1 aliphatic rings. The molecule has 84 valence electrons. The minimum absolute atomic E-state index is 0.566. The maximum absolute atomic E-state index is 3.61. The van der Waals surface area contributed by atoms with Gasteiger partial charge >= 0.3 is 0 Å². The van der Waals surface area contributed by atoms with Crippen molar-refractivity contribution in [3.63, 3.8) is 0 Å². The summed E-state index contributed by atoms with van der Waals surface area (Å²) in [6.45, 7) is 3.23. The Morgan fingerprint density at radius 1 is 1.53 bits per heavy atom. The van der Waals surface area contributed by atoms with Crippen LogP contribution >= 0.6 is 43.2 Å². The first-order chi connectivity index (χ1) is 7.22. The molecule has 1 aromatic rings. The van der Waals surface area contributed by atoms with Gasteiger partial charge in [-0.05, 0) is 63.2 Å². The lowest BCUT2D eigenvalue weighted by atomic mass is 9.79. The van der Waals surface area contributed by atoms with Gasteiger partial charge in [0.25, 0.3) is 0 Å². The topological polar surface area (TPSA) is 12.0 Å². The Kier molecular flexibility index (Phi) is 4.27. The molecule has 0 aromatic carbocycles. The van der Waals surface area contributed by atoms with Crippen LogP contribution in [0.4, 0.5) is 0 Å². The molecule has 1 atom stereocenters. The zero-order chi connectivity index (χ0) is 10.8. The molecule has 1 unspecified atom stereocenters. The number of hydrogen-bond acceptors (Lipinski definition) is 2. The van der Waals surface area contributed by atoms with E-state index in [0.717, 1.165) is 12.5 Å². The largest absolute Gasteiger partial charge is 0.309 e. The highest BCUT2D eigenvalue weighted by molar-refractivity contribution is 9.13. The van der Waals surface area contributed by atoms with Crippen LogP contribution in [-0.4, -0.2) is 6.54 Å². The summed E-state index contributed by atoms with van der Waals surface area (Å²) in [4.78, 5) is 1.46. The molecular formula is C11H15Br2NS. The minimum Gasteiger partial charge on any atom is -0.309 e. The summed E-state index contributed by atoms with van der Waals surface area (Å²) in [5.41, 5.74) is 0. The summed E-state index contributed by atoms with van der Waals surface area (Å²) in [7, 11) is 0. The van der Waals surface area contributed by atoms with Crippen LogP contribution in [0.2, 0.25) is 0 Å². The summed E-state index contributed by atoms with van der Waals surface area (Å²) in [6.07, 6.45) is 4.16. The van der Waals surface area contributed by atoms with Crippen molar-refractivity contribution in [2.45, 2.75) is 32.2 Å². The van der Waals surface area contributed by atoms with Gasteiger partial charge in [0.05, 0.1) is 3.79 Å². The second-order valence-electron chi connectivity index (χ2n) is 4.00. The second-order valence-corrected chi connectivity index (χ2v) is 7.25. The molecule has 0 amide bonds. The molecule has 1 heterocycles. The van der Waals surface area contributed by atoms with E-state index in [9.17, 15) is 0 Å². The number of hydrogen-bond donors (Lipinski definition) is 1. The van der Waals surface area contributed by atoms with Crippen LogP contribution in [0.25, 0.3) is 0 Å². The number of rotatable bonds is 4. The molecule has 1 aliphatic carbocycles. The average molecular weight is 353 g/mol. The van der Waals surface area contributed by atoms with Crippen LogP contribution in [0.3, 0.4) is 0 Å². The van der Waals surface area contributed by atoms with Crippen molar-refractivity contribution in [2.24, 2.45) is 5.92 Å². The Morgan fingerprint density at radius 2 is 2.27 bits per heavy atom. The molecule has 15 heavy (non-hydrogen) atoms. The maximum Gasteiger partial charge on any atom is 0.0843 e. The first-order valence-electron chi connectivity index (χ1n) is 5.40. The SMILES string of the molecule is CCNC(c1cc(Br)c(Br)s1)C1CCC1. The summed E-state index contributed by atoms with van der Waals surface area (Å²) in [5, 5.41) is 3.61. The van der Waals surface area contributed by atoms with Gasteiger partial charge in [0.2, 0.25) is 0 Å². The van der Waals surface area contributed by atoms with Crippen molar-refractivity contribution < 1.29 is 0 Å². The molecule has 1 fully saturated rings. The molecule has 0 saturated heterocycles. The van der Waals surface area contributed by atoms with Gasteiger partial charge in [0.15, 0.2) is 0 Å².